The highest BCUT2D eigenvalue weighted by atomic mass is 16.5. The molecule has 0 aromatic rings. The molecule has 0 aliphatic heterocycles. The van der Waals surface area contributed by atoms with Gasteiger partial charge in [-0.15, -0.1) is 0 Å². The Labute approximate surface area is 77.5 Å². The second-order valence-electron chi connectivity index (χ2n) is 2.82. The Kier molecular flexibility index (Phi) is 3.93. The lowest BCUT2D eigenvalue weighted by Crippen LogP contribution is -1.97. The summed E-state index contributed by atoms with van der Waals surface area (Å²) in [6, 6.07) is 0. The van der Waals surface area contributed by atoms with Crippen LogP contribution < -0.4 is 0 Å². The molecule has 0 amide bonds. The molecule has 0 saturated heterocycles. The monoisotopic (exact) mass is 179 g/mol. The van der Waals surface area contributed by atoms with Gasteiger partial charge >= 0.3 is 0 Å². The molecule has 0 heterocycles. The maximum Gasteiger partial charge on any atom is 0.167 e. The second kappa shape index (κ2) is 5.27. The topological polar surface area (TPSA) is 58.0 Å². The summed E-state index contributed by atoms with van der Waals surface area (Å²) in [5.74, 6) is 0.907. The van der Waals surface area contributed by atoms with Crippen LogP contribution in [-0.4, -0.2) is 6.73 Å². The van der Waals surface area contributed by atoms with E-state index in [1.54, 1.807) is 0 Å². The number of hydrogen-bond donors (Lipinski definition) is 0. The van der Waals surface area contributed by atoms with Crippen LogP contribution in [0.25, 0.3) is 10.4 Å². The zero-order chi connectivity index (χ0) is 9.52. The van der Waals surface area contributed by atoms with Crippen LogP contribution in [0.4, 0.5) is 0 Å². The van der Waals surface area contributed by atoms with Crippen molar-refractivity contribution in [3.8, 4) is 0 Å². The fraction of sp³-hybridized carbons (Fsp3) is 0.556. The van der Waals surface area contributed by atoms with Gasteiger partial charge in [0.05, 0.1) is 5.76 Å². The summed E-state index contributed by atoms with van der Waals surface area (Å²) >= 11 is 0. The minimum atomic E-state index is 0.0949. The normalized spacial score (nSPS) is 15.5. The molecular formula is C9H13N3O. The zero-order valence-corrected chi connectivity index (χ0v) is 7.73. The fourth-order valence-corrected chi connectivity index (χ4v) is 1.21. The van der Waals surface area contributed by atoms with Gasteiger partial charge in [-0.1, -0.05) is 23.7 Å². The standard InChI is InChI=1S/C9H13N3O/c1-2-8-3-5-9(6-4-8)13-7-11-12-10/h3,5H,2,4,6-7H2,1H3. The van der Waals surface area contributed by atoms with Crippen molar-refractivity contribution in [2.24, 2.45) is 5.11 Å². The van der Waals surface area contributed by atoms with Gasteiger partial charge in [0.2, 0.25) is 0 Å². The third-order valence-corrected chi connectivity index (χ3v) is 2.02. The lowest BCUT2D eigenvalue weighted by molar-refractivity contribution is 0.209. The van der Waals surface area contributed by atoms with E-state index in [0.29, 0.717) is 0 Å². The number of allylic oxidation sites excluding steroid dienone is 4. The highest BCUT2D eigenvalue weighted by Gasteiger charge is 2.04. The summed E-state index contributed by atoms with van der Waals surface area (Å²) in [4.78, 5) is 2.61. The molecule has 1 aliphatic rings. The highest BCUT2D eigenvalue weighted by Crippen LogP contribution is 2.20. The van der Waals surface area contributed by atoms with E-state index in [1.807, 2.05) is 6.08 Å². The van der Waals surface area contributed by atoms with Gasteiger partial charge < -0.3 is 4.74 Å². The van der Waals surface area contributed by atoms with Crippen LogP contribution in [0.3, 0.4) is 0 Å². The Bertz CT molecular complexity index is 275. The first-order valence-corrected chi connectivity index (χ1v) is 4.39. The van der Waals surface area contributed by atoms with Gasteiger partial charge in [-0.05, 0) is 24.4 Å². The molecule has 0 aromatic carbocycles. The molecule has 0 saturated carbocycles. The van der Waals surface area contributed by atoms with Crippen molar-refractivity contribution in [2.45, 2.75) is 26.2 Å². The number of hydrogen-bond acceptors (Lipinski definition) is 2. The molecule has 0 unspecified atom stereocenters. The van der Waals surface area contributed by atoms with Gasteiger partial charge in [0.1, 0.15) is 0 Å². The fourth-order valence-electron chi connectivity index (χ4n) is 1.21. The molecule has 70 valence electrons. The van der Waals surface area contributed by atoms with E-state index in [0.717, 1.165) is 25.0 Å². The first kappa shape index (κ1) is 9.68. The average molecular weight is 179 g/mol. The Morgan fingerprint density at radius 2 is 2.38 bits per heavy atom. The minimum Gasteiger partial charge on any atom is -0.492 e. The van der Waals surface area contributed by atoms with E-state index in [9.17, 15) is 0 Å². The predicted molar refractivity (Wildman–Crippen MR) is 50.8 cm³/mol. The molecule has 4 heteroatoms. The third-order valence-electron chi connectivity index (χ3n) is 2.02. The van der Waals surface area contributed by atoms with Gasteiger partial charge in [0, 0.05) is 11.3 Å². The quantitative estimate of drug-likeness (QED) is 0.371. The maximum atomic E-state index is 8.02. The van der Waals surface area contributed by atoms with E-state index in [2.05, 4.69) is 23.0 Å². The van der Waals surface area contributed by atoms with Crippen LogP contribution in [0.1, 0.15) is 26.2 Å². The maximum absolute atomic E-state index is 8.02. The Balaban J connectivity index is 2.40. The van der Waals surface area contributed by atoms with E-state index in [-0.39, 0.29) is 6.73 Å². The summed E-state index contributed by atoms with van der Waals surface area (Å²) in [6.07, 6.45) is 7.10. The summed E-state index contributed by atoms with van der Waals surface area (Å²) in [5.41, 5.74) is 9.46. The predicted octanol–water partition coefficient (Wildman–Crippen LogP) is 3.28. The molecule has 1 rings (SSSR count). The van der Waals surface area contributed by atoms with Crippen molar-refractivity contribution >= 4 is 0 Å². The molecule has 0 atom stereocenters. The van der Waals surface area contributed by atoms with Gasteiger partial charge in [-0.25, -0.2) is 0 Å². The Morgan fingerprint density at radius 3 is 2.92 bits per heavy atom. The van der Waals surface area contributed by atoms with Gasteiger partial charge in [-0.3, -0.25) is 0 Å². The molecule has 4 nitrogen and oxygen atoms in total. The third kappa shape index (κ3) is 3.22. The van der Waals surface area contributed by atoms with Crippen molar-refractivity contribution in [3.05, 3.63) is 33.9 Å². The Morgan fingerprint density at radius 1 is 1.54 bits per heavy atom. The minimum absolute atomic E-state index is 0.0949. The smallest absolute Gasteiger partial charge is 0.167 e. The van der Waals surface area contributed by atoms with Crippen molar-refractivity contribution in [1.82, 2.24) is 0 Å². The molecule has 0 N–H and O–H groups in total. The summed E-state index contributed by atoms with van der Waals surface area (Å²) in [5, 5.41) is 3.30. The van der Waals surface area contributed by atoms with E-state index in [1.165, 1.54) is 5.57 Å². The average Bonchev–Trinajstić information content (AvgIpc) is 2.19. The molecule has 0 bridgehead atoms. The highest BCUT2D eigenvalue weighted by molar-refractivity contribution is 5.20. The zero-order valence-electron chi connectivity index (χ0n) is 7.73. The summed E-state index contributed by atoms with van der Waals surface area (Å²) in [6.45, 7) is 2.24. The summed E-state index contributed by atoms with van der Waals surface area (Å²) < 4.78 is 5.21. The lowest BCUT2D eigenvalue weighted by Gasteiger charge is -2.13. The first-order chi connectivity index (χ1) is 6.36. The van der Waals surface area contributed by atoms with Crippen LogP contribution in [0.2, 0.25) is 0 Å². The number of rotatable bonds is 4. The van der Waals surface area contributed by atoms with Crippen molar-refractivity contribution in [1.29, 1.82) is 0 Å². The van der Waals surface area contributed by atoms with Crippen LogP contribution in [0.15, 0.2) is 28.6 Å². The summed E-state index contributed by atoms with van der Waals surface area (Å²) in [7, 11) is 0. The van der Waals surface area contributed by atoms with Crippen LogP contribution in [0, 0.1) is 0 Å². The van der Waals surface area contributed by atoms with Gasteiger partial charge in [0.25, 0.3) is 0 Å². The van der Waals surface area contributed by atoms with E-state index in [4.69, 9.17) is 10.3 Å². The van der Waals surface area contributed by atoms with Gasteiger partial charge in [-0.2, -0.15) is 0 Å². The SMILES string of the molecule is CCC1=CC=C(OCN=[N+]=[N-])CC1. The molecule has 0 radical (unpaired) electrons. The first-order valence-electron chi connectivity index (χ1n) is 4.39. The Hall–Kier alpha value is -1.41. The van der Waals surface area contributed by atoms with Crippen molar-refractivity contribution in [3.63, 3.8) is 0 Å². The van der Waals surface area contributed by atoms with Gasteiger partial charge in [0.15, 0.2) is 6.73 Å². The number of azide groups is 1. The molecule has 0 spiro atoms. The largest absolute Gasteiger partial charge is 0.492 e. The second-order valence-corrected chi connectivity index (χ2v) is 2.82. The number of nitrogens with zero attached hydrogens (tertiary/aromatic N) is 3. The molecule has 0 aromatic heterocycles. The van der Waals surface area contributed by atoms with E-state index < -0.39 is 0 Å². The number of ether oxygens (including phenoxy) is 1. The van der Waals surface area contributed by atoms with Crippen LogP contribution in [0.5, 0.6) is 0 Å². The molecular weight excluding hydrogens is 166 g/mol. The lowest BCUT2D eigenvalue weighted by atomic mass is 10.0. The van der Waals surface area contributed by atoms with Crippen molar-refractivity contribution in [2.75, 3.05) is 6.73 Å². The molecule has 0 fully saturated rings. The van der Waals surface area contributed by atoms with Crippen LogP contribution in [-0.2, 0) is 4.74 Å². The molecule has 1 aliphatic carbocycles. The van der Waals surface area contributed by atoms with Crippen molar-refractivity contribution < 1.29 is 4.74 Å². The molecule has 13 heavy (non-hydrogen) atoms. The van der Waals surface area contributed by atoms with E-state index >= 15 is 0 Å². The van der Waals surface area contributed by atoms with Crippen LogP contribution >= 0.6 is 0 Å².